The number of alkyl halides is 1. The third-order valence-electron chi connectivity index (χ3n) is 2.19. The predicted octanol–water partition coefficient (Wildman–Crippen LogP) is 2.36. The van der Waals surface area contributed by atoms with Crippen LogP contribution in [0, 0.1) is 0 Å². The highest BCUT2D eigenvalue weighted by atomic mass is 35.5. The highest BCUT2D eigenvalue weighted by Gasteiger charge is 2.20. The molecule has 0 radical (unpaired) electrons. The van der Waals surface area contributed by atoms with Gasteiger partial charge in [0.2, 0.25) is 0 Å². The molecule has 1 fully saturated rings. The van der Waals surface area contributed by atoms with Crippen molar-refractivity contribution in [2.45, 2.75) is 18.1 Å². The first-order chi connectivity index (χ1) is 6.79. The van der Waals surface area contributed by atoms with Crippen molar-refractivity contribution in [1.29, 1.82) is 0 Å². The average Bonchev–Trinajstić information content (AvgIpc) is 2.66. The van der Waals surface area contributed by atoms with Crippen LogP contribution in [0.2, 0.25) is 0 Å². The van der Waals surface area contributed by atoms with E-state index in [1.807, 2.05) is 11.8 Å². The second-order valence-electron chi connectivity index (χ2n) is 3.38. The van der Waals surface area contributed by atoms with Gasteiger partial charge in [0.05, 0.1) is 11.6 Å². The molecule has 0 aliphatic carbocycles. The van der Waals surface area contributed by atoms with Gasteiger partial charge in [0.15, 0.2) is 0 Å². The van der Waals surface area contributed by atoms with Gasteiger partial charge >= 0.3 is 0 Å². The van der Waals surface area contributed by atoms with Crippen LogP contribution in [0.15, 0.2) is 10.7 Å². The Labute approximate surface area is 92.8 Å². The lowest BCUT2D eigenvalue weighted by atomic mass is 10.4. The van der Waals surface area contributed by atoms with Gasteiger partial charge in [-0.2, -0.15) is 16.7 Å². The monoisotopic (exact) mass is 232 g/mol. The molecule has 1 aliphatic heterocycles. The minimum atomic E-state index is 0.418. The molecule has 14 heavy (non-hydrogen) atoms. The number of nitrogens with zero attached hydrogens (tertiary/aromatic N) is 2. The van der Waals surface area contributed by atoms with Gasteiger partial charge in [-0.15, -0.1) is 11.6 Å². The zero-order chi connectivity index (χ0) is 9.97. The zero-order valence-electron chi connectivity index (χ0n) is 8.07. The molecule has 0 saturated carbocycles. The number of hydrogen-bond donors (Lipinski definition) is 0. The van der Waals surface area contributed by atoms with Crippen molar-refractivity contribution in [3.8, 4) is 0 Å². The predicted molar refractivity (Wildman–Crippen MR) is 60.2 cm³/mol. The summed E-state index contributed by atoms with van der Waals surface area (Å²) in [6, 6.07) is 0.716. The minimum Gasteiger partial charge on any atom is -0.432 e. The van der Waals surface area contributed by atoms with Gasteiger partial charge in [-0.1, -0.05) is 6.92 Å². The summed E-state index contributed by atoms with van der Waals surface area (Å²) in [7, 11) is 0. The van der Waals surface area contributed by atoms with Crippen LogP contribution in [0.25, 0.3) is 0 Å². The molecule has 1 atom stereocenters. The fourth-order valence-electron chi connectivity index (χ4n) is 1.50. The number of oxazole rings is 1. The van der Waals surface area contributed by atoms with Gasteiger partial charge in [0, 0.05) is 24.1 Å². The van der Waals surface area contributed by atoms with Gasteiger partial charge < -0.3 is 9.32 Å². The third-order valence-corrected chi connectivity index (χ3v) is 3.60. The molecule has 3 nitrogen and oxygen atoms in total. The first kappa shape index (κ1) is 10.2. The first-order valence-corrected chi connectivity index (χ1v) is 6.25. The standard InChI is InChI=1S/C9H13ClN2OS/c1-7-5-12(2-3-14-7)9-11-8(4-10)6-13-9/h6-7H,2-5H2,1H3. The maximum atomic E-state index is 5.66. The second kappa shape index (κ2) is 4.45. The van der Waals surface area contributed by atoms with Crippen LogP contribution < -0.4 is 4.90 Å². The lowest BCUT2D eigenvalue weighted by Crippen LogP contribution is -2.36. The van der Waals surface area contributed by atoms with E-state index in [0.717, 1.165) is 24.5 Å². The Kier molecular flexibility index (Phi) is 3.23. The summed E-state index contributed by atoms with van der Waals surface area (Å²) in [4.78, 5) is 6.48. The molecule has 1 aromatic heterocycles. The Morgan fingerprint density at radius 3 is 3.29 bits per heavy atom. The molecule has 0 amide bonds. The van der Waals surface area contributed by atoms with E-state index >= 15 is 0 Å². The Hall–Kier alpha value is -0.350. The number of rotatable bonds is 2. The zero-order valence-corrected chi connectivity index (χ0v) is 9.64. The maximum absolute atomic E-state index is 5.66. The fraction of sp³-hybridized carbons (Fsp3) is 0.667. The van der Waals surface area contributed by atoms with Gasteiger partial charge in [-0.25, -0.2) is 0 Å². The van der Waals surface area contributed by atoms with Crippen molar-refractivity contribution >= 4 is 29.4 Å². The molecule has 0 bridgehead atoms. The first-order valence-electron chi connectivity index (χ1n) is 4.66. The highest BCUT2D eigenvalue weighted by Crippen LogP contribution is 2.23. The third kappa shape index (κ3) is 2.17. The molecule has 78 valence electrons. The Bertz CT molecular complexity index is 305. The van der Waals surface area contributed by atoms with Crippen molar-refractivity contribution in [2.75, 3.05) is 23.7 Å². The van der Waals surface area contributed by atoms with Crippen LogP contribution in [0.4, 0.5) is 6.01 Å². The van der Waals surface area contributed by atoms with Crippen molar-refractivity contribution < 1.29 is 4.42 Å². The summed E-state index contributed by atoms with van der Waals surface area (Å²) in [5.74, 6) is 1.56. The summed E-state index contributed by atoms with van der Waals surface area (Å²) >= 11 is 7.65. The normalized spacial score (nSPS) is 22.7. The number of anilines is 1. The molecule has 0 spiro atoms. The molecule has 1 unspecified atom stereocenters. The number of hydrogen-bond acceptors (Lipinski definition) is 4. The van der Waals surface area contributed by atoms with Crippen molar-refractivity contribution in [2.24, 2.45) is 0 Å². The number of thioether (sulfide) groups is 1. The van der Waals surface area contributed by atoms with Crippen LogP contribution in [-0.4, -0.2) is 29.1 Å². The van der Waals surface area contributed by atoms with Crippen LogP contribution in [0.5, 0.6) is 0 Å². The van der Waals surface area contributed by atoms with Gasteiger partial charge in [0.25, 0.3) is 6.01 Å². The van der Waals surface area contributed by atoms with E-state index in [0.29, 0.717) is 17.1 Å². The smallest absolute Gasteiger partial charge is 0.297 e. The van der Waals surface area contributed by atoms with Crippen molar-refractivity contribution in [3.63, 3.8) is 0 Å². The van der Waals surface area contributed by atoms with E-state index in [-0.39, 0.29) is 0 Å². The van der Waals surface area contributed by atoms with Crippen LogP contribution in [0.3, 0.4) is 0 Å². The largest absolute Gasteiger partial charge is 0.432 e. The number of halogens is 1. The Morgan fingerprint density at radius 2 is 2.64 bits per heavy atom. The van der Waals surface area contributed by atoms with E-state index in [9.17, 15) is 0 Å². The van der Waals surface area contributed by atoms with Crippen LogP contribution in [0.1, 0.15) is 12.6 Å². The lowest BCUT2D eigenvalue weighted by molar-refractivity contribution is 0.533. The molecular formula is C9H13ClN2OS. The van der Waals surface area contributed by atoms with E-state index < -0.39 is 0 Å². The van der Waals surface area contributed by atoms with Crippen molar-refractivity contribution in [3.05, 3.63) is 12.0 Å². The molecule has 1 saturated heterocycles. The van der Waals surface area contributed by atoms with E-state index in [4.69, 9.17) is 16.0 Å². The summed E-state index contributed by atoms with van der Waals surface area (Å²) in [5.41, 5.74) is 0.813. The van der Waals surface area contributed by atoms with Gasteiger partial charge in [0.1, 0.15) is 6.26 Å². The molecular weight excluding hydrogens is 220 g/mol. The quantitative estimate of drug-likeness (QED) is 0.733. The highest BCUT2D eigenvalue weighted by molar-refractivity contribution is 8.00. The SMILES string of the molecule is CC1CN(c2nc(CCl)co2)CCS1. The number of aromatic nitrogens is 1. The topological polar surface area (TPSA) is 29.3 Å². The van der Waals surface area contributed by atoms with Crippen LogP contribution >= 0.6 is 23.4 Å². The maximum Gasteiger partial charge on any atom is 0.297 e. The summed E-state index contributed by atoms with van der Waals surface area (Å²) in [6.45, 7) is 4.24. The van der Waals surface area contributed by atoms with Gasteiger partial charge in [-0.05, 0) is 0 Å². The van der Waals surface area contributed by atoms with Crippen molar-refractivity contribution in [1.82, 2.24) is 4.98 Å². The molecule has 2 heterocycles. The fourth-order valence-corrected chi connectivity index (χ4v) is 2.63. The second-order valence-corrected chi connectivity index (χ2v) is 5.20. The lowest BCUT2D eigenvalue weighted by Gasteiger charge is -2.28. The minimum absolute atomic E-state index is 0.418. The Balaban J connectivity index is 2.06. The van der Waals surface area contributed by atoms with E-state index in [1.54, 1.807) is 6.26 Å². The summed E-state index contributed by atoms with van der Waals surface area (Å²) in [6.07, 6.45) is 1.63. The molecule has 2 rings (SSSR count). The molecule has 1 aromatic rings. The van der Waals surface area contributed by atoms with Crippen LogP contribution in [-0.2, 0) is 5.88 Å². The average molecular weight is 233 g/mol. The molecule has 1 aliphatic rings. The van der Waals surface area contributed by atoms with Gasteiger partial charge in [-0.3, -0.25) is 0 Å². The molecule has 0 N–H and O–H groups in total. The summed E-state index contributed by atoms with van der Waals surface area (Å²) < 4.78 is 5.36. The van der Waals surface area contributed by atoms with E-state index in [2.05, 4.69) is 16.8 Å². The molecule has 0 aromatic carbocycles. The van der Waals surface area contributed by atoms with E-state index in [1.165, 1.54) is 0 Å². The summed E-state index contributed by atoms with van der Waals surface area (Å²) in [5, 5.41) is 0.648. The molecule has 5 heteroatoms. The Morgan fingerprint density at radius 1 is 1.79 bits per heavy atom.